The van der Waals surface area contributed by atoms with Crippen LogP contribution in [-0.2, 0) is 28.9 Å². The second-order valence-electron chi connectivity index (χ2n) is 3.96. The fourth-order valence-corrected chi connectivity index (χ4v) is 5.88. The van der Waals surface area contributed by atoms with Crippen LogP contribution < -0.4 is 4.72 Å². The lowest BCUT2D eigenvalue weighted by atomic mass is 10.3. The molecule has 1 N–H and O–H groups in total. The van der Waals surface area contributed by atoms with Crippen molar-refractivity contribution in [3.63, 3.8) is 0 Å². The number of anilines is 1. The Labute approximate surface area is 136 Å². The van der Waals surface area contributed by atoms with Crippen LogP contribution in [-0.4, -0.2) is 36.6 Å². The zero-order chi connectivity index (χ0) is 16.6. The fourth-order valence-electron chi connectivity index (χ4n) is 1.25. The van der Waals surface area contributed by atoms with E-state index in [4.69, 9.17) is 33.9 Å². The Hall–Kier alpha value is -0.260. The van der Waals surface area contributed by atoms with Crippen LogP contribution in [0, 0.1) is 0 Å². The summed E-state index contributed by atoms with van der Waals surface area (Å²) >= 11 is 11.5. The van der Waals surface area contributed by atoms with E-state index in [9.17, 15) is 25.3 Å². The molecule has 13 heteroatoms. The van der Waals surface area contributed by atoms with Gasteiger partial charge >= 0.3 is 0 Å². The summed E-state index contributed by atoms with van der Waals surface area (Å²) in [4.78, 5) is -0.426. The third-order valence-electron chi connectivity index (χ3n) is 1.92. The first-order chi connectivity index (χ1) is 9.21. The summed E-state index contributed by atoms with van der Waals surface area (Å²) in [6.07, 6.45) is 0.735. The third kappa shape index (κ3) is 5.80. The van der Waals surface area contributed by atoms with Crippen molar-refractivity contribution >= 4 is 68.5 Å². The maximum atomic E-state index is 11.6. The predicted molar refractivity (Wildman–Crippen MR) is 81.8 cm³/mol. The molecule has 0 aromatic heterocycles. The largest absolute Gasteiger partial charge is 0.280 e. The Morgan fingerprint density at radius 2 is 1.43 bits per heavy atom. The standard InChI is InChI=1S/C8H8Cl3NO6S3/c1-19(13,14)4-20(15,16)12-8-6(9)2-5(3-7(8)10)21(11,17)18/h2-3,12H,4H2,1H3. The third-order valence-corrected chi connectivity index (χ3v) is 7.32. The van der Waals surface area contributed by atoms with Gasteiger partial charge in [-0.15, -0.1) is 0 Å². The van der Waals surface area contributed by atoms with Crippen molar-refractivity contribution < 1.29 is 25.3 Å². The van der Waals surface area contributed by atoms with Gasteiger partial charge in [-0.2, -0.15) is 0 Å². The van der Waals surface area contributed by atoms with Crippen LogP contribution in [0.25, 0.3) is 0 Å². The van der Waals surface area contributed by atoms with Gasteiger partial charge in [0.1, 0.15) is 0 Å². The van der Waals surface area contributed by atoms with Gasteiger partial charge in [-0.1, -0.05) is 23.2 Å². The summed E-state index contributed by atoms with van der Waals surface area (Å²) < 4.78 is 69.5. The maximum Gasteiger partial charge on any atom is 0.261 e. The lowest BCUT2D eigenvalue weighted by Crippen LogP contribution is -2.22. The number of halogens is 3. The van der Waals surface area contributed by atoms with Gasteiger partial charge in [0.25, 0.3) is 9.05 Å². The van der Waals surface area contributed by atoms with Crippen LogP contribution in [0.4, 0.5) is 5.69 Å². The zero-order valence-corrected chi connectivity index (χ0v) is 14.9. The summed E-state index contributed by atoms with van der Waals surface area (Å²) in [5, 5.41) is -1.88. The number of sulfonamides is 1. The van der Waals surface area contributed by atoms with Crippen LogP contribution in [0.2, 0.25) is 10.0 Å². The quantitative estimate of drug-likeness (QED) is 0.730. The van der Waals surface area contributed by atoms with E-state index >= 15 is 0 Å². The molecular weight excluding hydrogens is 409 g/mol. The average Bonchev–Trinajstić information content (AvgIpc) is 2.18. The molecule has 0 fully saturated rings. The van der Waals surface area contributed by atoms with E-state index in [1.807, 2.05) is 4.72 Å². The van der Waals surface area contributed by atoms with Gasteiger partial charge in [0, 0.05) is 16.9 Å². The van der Waals surface area contributed by atoms with E-state index in [1.165, 1.54) is 0 Å². The van der Waals surface area contributed by atoms with E-state index in [0.717, 1.165) is 18.4 Å². The van der Waals surface area contributed by atoms with Gasteiger partial charge in [-0.05, 0) is 12.1 Å². The molecule has 21 heavy (non-hydrogen) atoms. The van der Waals surface area contributed by atoms with Gasteiger partial charge in [0.05, 0.1) is 20.6 Å². The molecule has 0 bridgehead atoms. The predicted octanol–water partition coefficient (Wildman–Crippen LogP) is 1.66. The van der Waals surface area contributed by atoms with Crippen molar-refractivity contribution in [2.75, 3.05) is 16.1 Å². The highest BCUT2D eigenvalue weighted by molar-refractivity contribution is 8.13. The van der Waals surface area contributed by atoms with E-state index in [0.29, 0.717) is 0 Å². The second-order valence-corrected chi connectivity index (χ2v) is 11.6. The van der Waals surface area contributed by atoms with Crippen molar-refractivity contribution in [3.8, 4) is 0 Å². The summed E-state index contributed by atoms with van der Waals surface area (Å²) in [5.74, 6) is 0. The number of sulfone groups is 1. The Balaban J connectivity index is 3.29. The molecule has 0 unspecified atom stereocenters. The molecule has 0 radical (unpaired) electrons. The van der Waals surface area contributed by atoms with Crippen molar-refractivity contribution in [3.05, 3.63) is 22.2 Å². The van der Waals surface area contributed by atoms with Crippen LogP contribution in [0.5, 0.6) is 0 Å². The molecule has 0 aliphatic rings. The molecule has 0 spiro atoms. The molecule has 0 atom stereocenters. The average molecular weight is 417 g/mol. The van der Waals surface area contributed by atoms with E-state index in [-0.39, 0.29) is 15.7 Å². The van der Waals surface area contributed by atoms with Crippen LogP contribution in [0.15, 0.2) is 17.0 Å². The van der Waals surface area contributed by atoms with E-state index < -0.39 is 38.9 Å². The first-order valence-electron chi connectivity index (χ1n) is 4.83. The molecular formula is C8H8Cl3NO6S3. The van der Waals surface area contributed by atoms with Crippen molar-refractivity contribution in [2.24, 2.45) is 0 Å². The fraction of sp³-hybridized carbons (Fsp3) is 0.250. The molecule has 0 amide bonds. The number of hydrogen-bond acceptors (Lipinski definition) is 6. The van der Waals surface area contributed by atoms with Crippen molar-refractivity contribution in [2.45, 2.75) is 4.90 Å². The van der Waals surface area contributed by atoms with Gasteiger partial charge in [-0.3, -0.25) is 4.72 Å². The molecule has 0 saturated carbocycles. The summed E-state index contributed by atoms with van der Waals surface area (Å²) in [7, 11) is -7.08. The summed E-state index contributed by atoms with van der Waals surface area (Å²) in [6, 6.07) is 1.77. The minimum atomic E-state index is -4.27. The van der Waals surface area contributed by atoms with E-state index in [2.05, 4.69) is 0 Å². The van der Waals surface area contributed by atoms with Gasteiger partial charge in [0.2, 0.25) is 10.0 Å². The molecule has 1 rings (SSSR count). The lowest BCUT2D eigenvalue weighted by Gasteiger charge is -2.11. The molecule has 7 nitrogen and oxygen atoms in total. The molecule has 1 aromatic carbocycles. The summed E-state index contributed by atoms with van der Waals surface area (Å²) in [6.45, 7) is 0. The minimum absolute atomic E-state index is 0.342. The number of rotatable bonds is 5. The van der Waals surface area contributed by atoms with Crippen molar-refractivity contribution in [1.29, 1.82) is 0 Å². The monoisotopic (exact) mass is 415 g/mol. The Kier molecular flexibility index (Phi) is 5.45. The maximum absolute atomic E-state index is 11.6. The highest BCUT2D eigenvalue weighted by Crippen LogP contribution is 2.35. The summed E-state index contributed by atoms with van der Waals surface area (Å²) in [5.41, 5.74) is -0.342. The molecule has 1 aromatic rings. The van der Waals surface area contributed by atoms with E-state index in [1.54, 1.807) is 0 Å². The molecule has 0 aliphatic heterocycles. The number of nitrogens with one attached hydrogen (secondary N) is 1. The first-order valence-corrected chi connectivity index (χ1v) is 11.6. The first kappa shape index (κ1) is 18.8. The molecule has 0 aliphatic carbocycles. The zero-order valence-electron chi connectivity index (χ0n) is 10.2. The Morgan fingerprint density at radius 3 is 1.76 bits per heavy atom. The molecule has 0 saturated heterocycles. The minimum Gasteiger partial charge on any atom is -0.280 e. The smallest absolute Gasteiger partial charge is 0.261 e. The number of hydrogen-bond donors (Lipinski definition) is 1. The Bertz CT molecular complexity index is 853. The Morgan fingerprint density at radius 1 is 1.00 bits per heavy atom. The van der Waals surface area contributed by atoms with Gasteiger partial charge in [-0.25, -0.2) is 25.3 Å². The van der Waals surface area contributed by atoms with Crippen LogP contribution >= 0.6 is 33.9 Å². The SMILES string of the molecule is CS(=O)(=O)CS(=O)(=O)Nc1c(Cl)cc(S(=O)(=O)Cl)cc1Cl. The topological polar surface area (TPSA) is 114 Å². The molecule has 120 valence electrons. The molecule has 0 heterocycles. The van der Waals surface area contributed by atoms with Gasteiger partial charge in [0.15, 0.2) is 14.9 Å². The van der Waals surface area contributed by atoms with Crippen LogP contribution in [0.1, 0.15) is 0 Å². The van der Waals surface area contributed by atoms with Crippen molar-refractivity contribution in [1.82, 2.24) is 0 Å². The second kappa shape index (κ2) is 6.09. The highest BCUT2D eigenvalue weighted by atomic mass is 35.7. The van der Waals surface area contributed by atoms with Crippen LogP contribution in [0.3, 0.4) is 0 Å². The van der Waals surface area contributed by atoms with Gasteiger partial charge < -0.3 is 0 Å². The normalized spacial score (nSPS) is 13.1. The lowest BCUT2D eigenvalue weighted by molar-refractivity contribution is 0.594. The number of benzene rings is 1. The highest BCUT2D eigenvalue weighted by Gasteiger charge is 2.22.